The minimum absolute atomic E-state index is 0.118. The number of rotatable bonds is 8. The highest BCUT2D eigenvalue weighted by molar-refractivity contribution is 7.98. The molecule has 0 radical (unpaired) electrons. The summed E-state index contributed by atoms with van der Waals surface area (Å²) in [5, 5.41) is 12.7. The number of methoxy groups -OCH3 is 2. The van der Waals surface area contributed by atoms with Gasteiger partial charge in [-0.2, -0.15) is 0 Å². The van der Waals surface area contributed by atoms with Gasteiger partial charge in [-0.25, -0.2) is 14.6 Å². The average Bonchev–Trinajstić information content (AvgIpc) is 3.25. The summed E-state index contributed by atoms with van der Waals surface area (Å²) in [5.41, 5.74) is 3.32. The molecule has 186 valence electrons. The van der Waals surface area contributed by atoms with Crippen LogP contribution < -0.4 is 14.8 Å². The molecule has 0 aliphatic heterocycles. The maximum absolute atomic E-state index is 13.4. The number of carbonyl (C=O) groups is 1. The maximum atomic E-state index is 13.4. The number of hydrogen-bond acceptors (Lipinski definition) is 8. The van der Waals surface area contributed by atoms with E-state index in [-0.39, 0.29) is 5.69 Å². The number of thioether (sulfide) groups is 1. The molecule has 0 bridgehead atoms. The normalized spacial score (nSPS) is 10.8. The van der Waals surface area contributed by atoms with Crippen molar-refractivity contribution in [2.75, 3.05) is 19.5 Å². The van der Waals surface area contributed by atoms with Gasteiger partial charge in [0, 0.05) is 33.3 Å². The molecule has 36 heavy (non-hydrogen) atoms. The fourth-order valence-corrected chi connectivity index (χ4v) is 4.92. The Balaban J connectivity index is 1.73. The molecule has 0 fully saturated rings. The fraction of sp³-hybridized carbons (Fsp3) is 0.208. The van der Waals surface area contributed by atoms with Crippen LogP contribution in [0, 0.1) is 13.8 Å². The molecule has 0 aliphatic carbocycles. The summed E-state index contributed by atoms with van der Waals surface area (Å²) in [6.07, 6.45) is 0. The number of nitrogens with zero attached hydrogens (tertiary/aromatic N) is 5. The predicted molar refractivity (Wildman–Crippen MR) is 140 cm³/mol. The zero-order valence-corrected chi connectivity index (χ0v) is 22.2. The minimum Gasteiger partial charge on any atom is -0.497 e. The van der Waals surface area contributed by atoms with Crippen molar-refractivity contribution >= 4 is 46.6 Å². The lowest BCUT2D eigenvalue weighted by Gasteiger charge is -2.12. The van der Waals surface area contributed by atoms with Crippen molar-refractivity contribution in [3.63, 3.8) is 0 Å². The average molecular weight is 545 g/mol. The number of benzene rings is 2. The second-order valence-corrected chi connectivity index (χ2v) is 9.48. The first-order valence-electron chi connectivity index (χ1n) is 10.7. The number of halogens is 2. The highest BCUT2D eigenvalue weighted by Crippen LogP contribution is 2.31. The summed E-state index contributed by atoms with van der Waals surface area (Å²) in [5.74, 6) is 0.861. The molecule has 4 aromatic rings. The third-order valence-corrected chi connectivity index (χ3v) is 6.32. The Bertz CT molecular complexity index is 1390. The van der Waals surface area contributed by atoms with Gasteiger partial charge >= 0.3 is 0 Å². The number of carbonyl (C=O) groups excluding carboxylic acids is 1. The van der Waals surface area contributed by atoms with E-state index in [0.717, 1.165) is 11.4 Å². The number of aryl methyl sites for hydroxylation is 2. The van der Waals surface area contributed by atoms with Crippen molar-refractivity contribution in [2.45, 2.75) is 24.8 Å². The summed E-state index contributed by atoms with van der Waals surface area (Å²) < 4.78 is 12.2. The summed E-state index contributed by atoms with van der Waals surface area (Å²) in [6, 6.07) is 12.0. The molecule has 2 aromatic carbocycles. The van der Waals surface area contributed by atoms with Gasteiger partial charge in [-0.3, -0.25) is 4.79 Å². The Labute approximate surface area is 222 Å². The van der Waals surface area contributed by atoms with E-state index in [4.69, 9.17) is 32.7 Å². The molecule has 0 aliphatic rings. The molecule has 0 saturated heterocycles. The van der Waals surface area contributed by atoms with Gasteiger partial charge in [-0.05, 0) is 50.2 Å². The molecule has 0 unspecified atom stereocenters. The van der Waals surface area contributed by atoms with Gasteiger partial charge < -0.3 is 14.8 Å². The van der Waals surface area contributed by atoms with Crippen LogP contribution in [0.4, 0.5) is 5.69 Å². The Kier molecular flexibility index (Phi) is 7.97. The standard InChI is InChI=1S/C24H22Cl2N6O3S/c1-13-7-14(2)28-24(27-13)36-12-20-22(30-31-32(20)17-9-15(25)8-16(26)10-17)23(33)29-19-11-18(34-3)5-6-21(19)35-4/h5-11H,12H2,1-4H3,(H,29,33). The molecule has 2 heterocycles. The monoisotopic (exact) mass is 544 g/mol. The van der Waals surface area contributed by atoms with Gasteiger partial charge in [-0.1, -0.05) is 40.2 Å². The van der Waals surface area contributed by atoms with Gasteiger partial charge in [0.05, 0.1) is 31.3 Å². The first-order chi connectivity index (χ1) is 17.3. The SMILES string of the molecule is COc1ccc(OC)c(NC(=O)c2nnn(-c3cc(Cl)cc(Cl)c3)c2CSc2nc(C)cc(C)n2)c1. The maximum Gasteiger partial charge on any atom is 0.278 e. The van der Waals surface area contributed by atoms with E-state index in [2.05, 4.69) is 25.6 Å². The molecule has 2 aromatic heterocycles. The quantitative estimate of drug-likeness (QED) is 0.227. The van der Waals surface area contributed by atoms with Crippen LogP contribution in [0.3, 0.4) is 0 Å². The highest BCUT2D eigenvalue weighted by Gasteiger charge is 2.23. The number of aromatic nitrogens is 5. The number of ether oxygens (including phenoxy) is 2. The lowest BCUT2D eigenvalue weighted by atomic mass is 10.2. The van der Waals surface area contributed by atoms with Crippen LogP contribution in [0.1, 0.15) is 27.6 Å². The van der Waals surface area contributed by atoms with Gasteiger partial charge in [0.15, 0.2) is 10.9 Å². The first kappa shape index (κ1) is 25.7. The predicted octanol–water partition coefficient (Wildman–Crippen LogP) is 5.54. The molecule has 9 nitrogen and oxygen atoms in total. The van der Waals surface area contributed by atoms with Crippen LogP contribution in [0.15, 0.2) is 47.6 Å². The van der Waals surface area contributed by atoms with Crippen LogP contribution in [0.25, 0.3) is 5.69 Å². The highest BCUT2D eigenvalue weighted by atomic mass is 35.5. The van der Waals surface area contributed by atoms with Gasteiger partial charge in [0.25, 0.3) is 5.91 Å². The molecule has 0 spiro atoms. The second kappa shape index (κ2) is 11.2. The second-order valence-electron chi connectivity index (χ2n) is 7.67. The van der Waals surface area contributed by atoms with E-state index in [1.54, 1.807) is 43.5 Å². The molecule has 0 atom stereocenters. The molecule has 1 N–H and O–H groups in total. The van der Waals surface area contributed by atoms with E-state index in [9.17, 15) is 4.79 Å². The lowest BCUT2D eigenvalue weighted by molar-refractivity contribution is 0.102. The van der Waals surface area contributed by atoms with E-state index >= 15 is 0 Å². The van der Waals surface area contributed by atoms with Crippen LogP contribution in [-0.4, -0.2) is 45.1 Å². The Morgan fingerprint density at radius 1 is 1.00 bits per heavy atom. The first-order valence-corrected chi connectivity index (χ1v) is 12.4. The summed E-state index contributed by atoms with van der Waals surface area (Å²) in [6.45, 7) is 3.80. The van der Waals surface area contributed by atoms with Crippen molar-refractivity contribution in [1.82, 2.24) is 25.0 Å². The van der Waals surface area contributed by atoms with Gasteiger partial charge in [0.2, 0.25) is 0 Å². The van der Waals surface area contributed by atoms with Crippen LogP contribution in [0.2, 0.25) is 10.0 Å². The minimum atomic E-state index is -0.474. The zero-order chi connectivity index (χ0) is 25.8. The number of anilines is 1. The van der Waals surface area contributed by atoms with E-state index in [1.807, 2.05) is 19.9 Å². The molecule has 0 saturated carbocycles. The zero-order valence-electron chi connectivity index (χ0n) is 19.9. The third-order valence-electron chi connectivity index (χ3n) is 5.02. The van der Waals surface area contributed by atoms with Crippen molar-refractivity contribution < 1.29 is 14.3 Å². The summed E-state index contributed by atoms with van der Waals surface area (Å²) >= 11 is 13.8. The number of nitrogens with one attached hydrogen (secondary N) is 1. The van der Waals surface area contributed by atoms with Crippen molar-refractivity contribution in [1.29, 1.82) is 0 Å². The van der Waals surface area contributed by atoms with Gasteiger partial charge in [0.1, 0.15) is 11.5 Å². The van der Waals surface area contributed by atoms with Crippen molar-refractivity contribution in [3.8, 4) is 17.2 Å². The smallest absolute Gasteiger partial charge is 0.278 e. The molecule has 12 heteroatoms. The Hall–Kier alpha value is -3.34. The number of hydrogen-bond donors (Lipinski definition) is 1. The molecule has 1 amide bonds. The van der Waals surface area contributed by atoms with Gasteiger partial charge in [-0.15, -0.1) is 5.10 Å². The largest absolute Gasteiger partial charge is 0.497 e. The van der Waals surface area contributed by atoms with E-state index in [1.165, 1.54) is 23.6 Å². The molecular weight excluding hydrogens is 523 g/mol. The van der Waals surface area contributed by atoms with Crippen LogP contribution in [0.5, 0.6) is 11.5 Å². The summed E-state index contributed by atoms with van der Waals surface area (Å²) in [7, 11) is 3.06. The topological polar surface area (TPSA) is 104 Å². The molecule has 4 rings (SSSR count). The summed E-state index contributed by atoms with van der Waals surface area (Å²) in [4.78, 5) is 22.3. The van der Waals surface area contributed by atoms with Crippen LogP contribution in [-0.2, 0) is 5.75 Å². The van der Waals surface area contributed by atoms with Crippen molar-refractivity contribution in [3.05, 3.63) is 75.3 Å². The Morgan fingerprint density at radius 2 is 1.69 bits per heavy atom. The van der Waals surface area contributed by atoms with E-state index < -0.39 is 5.91 Å². The van der Waals surface area contributed by atoms with E-state index in [0.29, 0.717) is 49.5 Å². The van der Waals surface area contributed by atoms with Crippen LogP contribution >= 0.6 is 35.0 Å². The molecular formula is C24H22Cl2N6O3S. The lowest BCUT2D eigenvalue weighted by Crippen LogP contribution is -2.16. The fourth-order valence-electron chi connectivity index (χ4n) is 3.46. The third kappa shape index (κ3) is 5.89. The Morgan fingerprint density at radius 3 is 2.33 bits per heavy atom. The number of amides is 1. The van der Waals surface area contributed by atoms with Crippen molar-refractivity contribution in [2.24, 2.45) is 0 Å².